The van der Waals surface area contributed by atoms with E-state index in [0.717, 1.165) is 37.7 Å². The van der Waals surface area contributed by atoms with Gasteiger partial charge in [-0.2, -0.15) is 0 Å². The summed E-state index contributed by atoms with van der Waals surface area (Å²) in [5, 5.41) is 2.68. The molecule has 0 unspecified atom stereocenters. The van der Waals surface area contributed by atoms with Gasteiger partial charge in [0.25, 0.3) is 0 Å². The monoisotopic (exact) mass is 626 g/mol. The first kappa shape index (κ1) is 30.9. The van der Waals surface area contributed by atoms with Gasteiger partial charge >= 0.3 is 0 Å². The van der Waals surface area contributed by atoms with E-state index in [4.69, 9.17) is 0 Å². The van der Waals surface area contributed by atoms with Crippen molar-refractivity contribution in [2.75, 3.05) is 0 Å². The molecule has 3 aliphatic rings. The van der Waals surface area contributed by atoms with Gasteiger partial charge in [-0.25, -0.2) is 0 Å². The summed E-state index contributed by atoms with van der Waals surface area (Å²) in [7, 11) is 0. The van der Waals surface area contributed by atoms with Gasteiger partial charge in [0.05, 0.1) is 0 Å². The highest BCUT2D eigenvalue weighted by atomic mass is 32.1. The maximum absolute atomic E-state index is 4.54. The molecule has 1 heterocycles. The Morgan fingerprint density at radius 2 is 1.34 bits per heavy atom. The summed E-state index contributed by atoms with van der Waals surface area (Å²) in [6.07, 6.45) is 23.0. The standard InChI is InChI=1S/C44H36S.C2H6/c1-30-24-25-31(26-27-32-12-3-2-4-18-38(32)40-19-6-5-17-37(30)40)33-13-9-14-34(28-33)35-15-10-16-36(29-35)39-21-11-22-42-41-20-7-8-23-43(41)45-44(39)42;1-2/h3,5,7-17,20-26,28-29H,1-2,4,6,18-19,27H2;1-2H3/b25-24-,31-26+;. The molecular formula is C46H42S. The van der Waals surface area contributed by atoms with Crippen molar-refractivity contribution in [3.05, 3.63) is 174 Å². The van der Waals surface area contributed by atoms with Crippen LogP contribution in [0.2, 0.25) is 0 Å². The summed E-state index contributed by atoms with van der Waals surface area (Å²) in [6, 6.07) is 33.6. The Balaban J connectivity index is 0.00000172. The van der Waals surface area contributed by atoms with E-state index in [1.165, 1.54) is 76.7 Å². The van der Waals surface area contributed by atoms with Crippen LogP contribution in [-0.2, 0) is 0 Å². The highest BCUT2D eigenvalue weighted by Gasteiger charge is 2.19. The third kappa shape index (κ3) is 6.21. The zero-order chi connectivity index (χ0) is 32.2. The Hall–Kier alpha value is -4.72. The number of thiophene rings is 1. The Labute approximate surface area is 284 Å². The van der Waals surface area contributed by atoms with Crippen LogP contribution < -0.4 is 0 Å². The Morgan fingerprint density at radius 1 is 0.617 bits per heavy atom. The fraction of sp³-hybridized carbons (Fsp3) is 0.174. The van der Waals surface area contributed by atoms with Crippen molar-refractivity contribution in [1.82, 2.24) is 0 Å². The quantitative estimate of drug-likeness (QED) is 0.187. The second-order valence-corrected chi connectivity index (χ2v) is 13.3. The average molecular weight is 627 g/mol. The van der Waals surface area contributed by atoms with E-state index in [-0.39, 0.29) is 0 Å². The van der Waals surface area contributed by atoms with E-state index < -0.39 is 0 Å². The molecule has 0 aliphatic heterocycles. The van der Waals surface area contributed by atoms with Crippen LogP contribution in [0, 0.1) is 0 Å². The molecule has 1 heteroatoms. The number of hydrogen-bond donors (Lipinski definition) is 0. The minimum atomic E-state index is 0.942. The SMILES string of the molecule is C=C1/C=C\C(c2cccc(-c3cccc(-c4cccc5c4sc4ccccc45)c3)c2)=C/CC2=C(CCCC=C2)C2=C1C=CCC2.CC. The Morgan fingerprint density at radius 3 is 2.21 bits per heavy atom. The van der Waals surface area contributed by atoms with Crippen LogP contribution in [0.3, 0.4) is 0 Å². The molecule has 4 aromatic carbocycles. The molecule has 0 saturated heterocycles. The molecule has 0 nitrogen and oxygen atoms in total. The molecule has 0 spiro atoms. The number of rotatable bonds is 3. The lowest BCUT2D eigenvalue weighted by molar-refractivity contribution is 0.816. The smallest absolute Gasteiger partial charge is 0.0433 e. The van der Waals surface area contributed by atoms with Crippen molar-refractivity contribution in [3.8, 4) is 22.3 Å². The lowest BCUT2D eigenvalue weighted by Crippen LogP contribution is -2.03. The van der Waals surface area contributed by atoms with Gasteiger partial charge in [0.15, 0.2) is 0 Å². The van der Waals surface area contributed by atoms with Gasteiger partial charge < -0.3 is 0 Å². The maximum atomic E-state index is 4.54. The lowest BCUT2D eigenvalue weighted by atomic mass is 9.82. The predicted octanol–water partition coefficient (Wildman–Crippen LogP) is 14.0. The van der Waals surface area contributed by atoms with Crippen LogP contribution in [0.4, 0.5) is 0 Å². The first-order chi connectivity index (χ1) is 23.2. The first-order valence-corrected chi connectivity index (χ1v) is 18.0. The molecule has 232 valence electrons. The fourth-order valence-electron chi connectivity index (χ4n) is 7.20. The molecule has 1 aromatic heterocycles. The van der Waals surface area contributed by atoms with Crippen LogP contribution in [0.1, 0.15) is 57.9 Å². The zero-order valence-corrected chi connectivity index (χ0v) is 28.4. The summed E-state index contributed by atoms with van der Waals surface area (Å²) in [4.78, 5) is 0. The maximum Gasteiger partial charge on any atom is 0.0433 e. The Kier molecular flexibility index (Phi) is 9.18. The normalized spacial score (nSPS) is 18.2. The fourth-order valence-corrected chi connectivity index (χ4v) is 8.44. The molecule has 47 heavy (non-hydrogen) atoms. The van der Waals surface area contributed by atoms with Crippen LogP contribution in [0.5, 0.6) is 0 Å². The minimum Gasteiger partial charge on any atom is -0.135 e. The molecule has 0 atom stereocenters. The van der Waals surface area contributed by atoms with E-state index in [9.17, 15) is 0 Å². The van der Waals surface area contributed by atoms with Crippen molar-refractivity contribution in [2.45, 2.75) is 52.4 Å². The van der Waals surface area contributed by atoms with E-state index in [2.05, 4.69) is 140 Å². The highest BCUT2D eigenvalue weighted by molar-refractivity contribution is 7.26. The molecular weight excluding hydrogens is 585 g/mol. The average Bonchev–Trinajstić information content (AvgIpc) is 3.36. The largest absolute Gasteiger partial charge is 0.135 e. The number of hydrogen-bond acceptors (Lipinski definition) is 1. The van der Waals surface area contributed by atoms with Crippen LogP contribution in [0.25, 0.3) is 48.0 Å². The molecule has 0 radical (unpaired) electrons. The molecule has 0 amide bonds. The molecule has 0 N–H and O–H groups in total. The molecule has 5 aromatic rings. The third-order valence-electron chi connectivity index (χ3n) is 9.50. The molecule has 3 aliphatic carbocycles. The van der Waals surface area contributed by atoms with Gasteiger partial charge in [0.1, 0.15) is 0 Å². The topological polar surface area (TPSA) is 0 Å². The molecule has 8 rings (SSSR count). The van der Waals surface area contributed by atoms with Gasteiger partial charge in [0, 0.05) is 20.2 Å². The number of allylic oxidation sites excluding steroid dienone is 13. The summed E-state index contributed by atoms with van der Waals surface area (Å²) in [5.41, 5.74) is 14.5. The van der Waals surface area contributed by atoms with Gasteiger partial charge in [0.2, 0.25) is 0 Å². The minimum absolute atomic E-state index is 0.942. The summed E-state index contributed by atoms with van der Waals surface area (Å²) in [5.74, 6) is 0. The van der Waals surface area contributed by atoms with Crippen molar-refractivity contribution >= 4 is 37.1 Å². The van der Waals surface area contributed by atoms with E-state index in [1.54, 1.807) is 5.57 Å². The second-order valence-electron chi connectivity index (χ2n) is 12.3. The van der Waals surface area contributed by atoms with Crippen LogP contribution >= 0.6 is 11.3 Å². The van der Waals surface area contributed by atoms with Crippen LogP contribution in [-0.4, -0.2) is 0 Å². The predicted molar refractivity (Wildman–Crippen MR) is 208 cm³/mol. The van der Waals surface area contributed by atoms with Gasteiger partial charge in [-0.05, 0) is 118 Å². The van der Waals surface area contributed by atoms with Gasteiger partial charge in [-0.1, -0.05) is 136 Å². The van der Waals surface area contributed by atoms with Gasteiger partial charge in [-0.3, -0.25) is 0 Å². The van der Waals surface area contributed by atoms with Crippen molar-refractivity contribution in [3.63, 3.8) is 0 Å². The van der Waals surface area contributed by atoms with Crippen molar-refractivity contribution in [2.24, 2.45) is 0 Å². The summed E-state index contributed by atoms with van der Waals surface area (Å²) >= 11 is 1.89. The number of benzene rings is 4. The van der Waals surface area contributed by atoms with E-state index in [1.807, 2.05) is 25.2 Å². The molecule has 0 bridgehead atoms. The van der Waals surface area contributed by atoms with Gasteiger partial charge in [-0.15, -0.1) is 11.3 Å². The van der Waals surface area contributed by atoms with E-state index >= 15 is 0 Å². The van der Waals surface area contributed by atoms with E-state index in [0.29, 0.717) is 0 Å². The zero-order valence-electron chi connectivity index (χ0n) is 27.6. The Bertz CT molecular complexity index is 2170. The summed E-state index contributed by atoms with van der Waals surface area (Å²) in [6.45, 7) is 8.54. The number of fused-ring (bicyclic) bond motifs is 4. The van der Waals surface area contributed by atoms with Crippen LogP contribution in [0.15, 0.2) is 168 Å². The second kappa shape index (κ2) is 14.0. The van der Waals surface area contributed by atoms with Crippen molar-refractivity contribution in [1.29, 1.82) is 0 Å². The third-order valence-corrected chi connectivity index (χ3v) is 10.7. The summed E-state index contributed by atoms with van der Waals surface area (Å²) < 4.78 is 2.70. The molecule has 0 saturated carbocycles. The lowest BCUT2D eigenvalue weighted by Gasteiger charge is -2.22. The highest BCUT2D eigenvalue weighted by Crippen LogP contribution is 2.41. The van der Waals surface area contributed by atoms with Crippen molar-refractivity contribution < 1.29 is 0 Å². The molecule has 0 fully saturated rings. The first-order valence-electron chi connectivity index (χ1n) is 17.2.